The Balaban J connectivity index is 1.26. The molecule has 0 aliphatic rings. The summed E-state index contributed by atoms with van der Waals surface area (Å²) in [5.41, 5.74) is 12.0. The summed E-state index contributed by atoms with van der Waals surface area (Å²) in [6, 6.07) is 59.9. The van der Waals surface area contributed by atoms with Crippen molar-refractivity contribution >= 4 is 54.9 Å². The number of halogens is 1. The van der Waals surface area contributed by atoms with Gasteiger partial charge in [-0.2, -0.15) is 0 Å². The van der Waals surface area contributed by atoms with Crippen LogP contribution in [0.25, 0.3) is 55.3 Å². The van der Waals surface area contributed by atoms with Gasteiger partial charge in [0.1, 0.15) is 11.2 Å². The lowest BCUT2D eigenvalue weighted by atomic mass is 10.0. The standard InChI is InChI=1S/C42H28BrNO/c43-35-24-34(33-20-23-40-39-16-7-8-17-41(39)45-42(40)27-33)26-38(28-35)44(36-21-18-31(19-22-36)29-10-3-1-4-11-29)37-15-9-14-32(25-37)30-12-5-2-6-13-30/h1-28H. The van der Waals surface area contributed by atoms with Crippen molar-refractivity contribution in [3.8, 4) is 33.4 Å². The van der Waals surface area contributed by atoms with Crippen LogP contribution in [-0.4, -0.2) is 0 Å². The molecule has 7 aromatic carbocycles. The molecule has 0 radical (unpaired) electrons. The first kappa shape index (κ1) is 27.2. The molecule has 214 valence electrons. The molecule has 0 fully saturated rings. The van der Waals surface area contributed by atoms with Crippen molar-refractivity contribution in [1.82, 2.24) is 0 Å². The highest BCUT2D eigenvalue weighted by molar-refractivity contribution is 9.10. The van der Waals surface area contributed by atoms with Gasteiger partial charge in [-0.25, -0.2) is 0 Å². The average Bonchev–Trinajstić information content (AvgIpc) is 3.47. The second kappa shape index (κ2) is 11.6. The number of fused-ring (bicyclic) bond motifs is 3. The maximum Gasteiger partial charge on any atom is 0.136 e. The van der Waals surface area contributed by atoms with Gasteiger partial charge in [0.15, 0.2) is 0 Å². The SMILES string of the molecule is Brc1cc(-c2ccc3c(c2)oc2ccccc23)cc(N(c2ccc(-c3ccccc3)cc2)c2cccc(-c3ccccc3)c2)c1. The summed E-state index contributed by atoms with van der Waals surface area (Å²) in [5, 5.41) is 2.26. The van der Waals surface area contributed by atoms with E-state index in [4.69, 9.17) is 4.42 Å². The van der Waals surface area contributed by atoms with Crippen LogP contribution in [0.1, 0.15) is 0 Å². The van der Waals surface area contributed by atoms with Gasteiger partial charge in [0.05, 0.1) is 0 Å². The van der Waals surface area contributed by atoms with E-state index >= 15 is 0 Å². The van der Waals surface area contributed by atoms with Crippen molar-refractivity contribution in [2.24, 2.45) is 0 Å². The number of hydrogen-bond acceptors (Lipinski definition) is 2. The lowest BCUT2D eigenvalue weighted by molar-refractivity contribution is 0.669. The molecule has 0 atom stereocenters. The molecular weight excluding hydrogens is 614 g/mol. The summed E-state index contributed by atoms with van der Waals surface area (Å²) >= 11 is 3.84. The molecule has 8 aromatic rings. The molecular formula is C42H28BrNO. The van der Waals surface area contributed by atoms with E-state index in [0.29, 0.717) is 0 Å². The lowest BCUT2D eigenvalue weighted by Crippen LogP contribution is -2.10. The monoisotopic (exact) mass is 641 g/mol. The van der Waals surface area contributed by atoms with E-state index in [9.17, 15) is 0 Å². The molecule has 0 saturated heterocycles. The zero-order chi connectivity index (χ0) is 30.2. The van der Waals surface area contributed by atoms with Crippen LogP contribution in [0.2, 0.25) is 0 Å². The number of benzene rings is 7. The second-order valence-corrected chi connectivity index (χ2v) is 12.1. The number of para-hydroxylation sites is 1. The number of nitrogens with zero attached hydrogens (tertiary/aromatic N) is 1. The third-order valence-electron chi connectivity index (χ3n) is 8.30. The van der Waals surface area contributed by atoms with Crippen LogP contribution >= 0.6 is 15.9 Å². The Kier molecular flexibility index (Phi) is 7.01. The van der Waals surface area contributed by atoms with Crippen molar-refractivity contribution < 1.29 is 4.42 Å². The summed E-state index contributed by atoms with van der Waals surface area (Å²) in [4.78, 5) is 2.33. The van der Waals surface area contributed by atoms with Crippen LogP contribution in [0, 0.1) is 0 Å². The average molecular weight is 643 g/mol. The molecule has 1 heterocycles. The molecule has 0 saturated carbocycles. The van der Waals surface area contributed by atoms with Gasteiger partial charge < -0.3 is 9.32 Å². The zero-order valence-corrected chi connectivity index (χ0v) is 26.0. The molecule has 0 N–H and O–H groups in total. The van der Waals surface area contributed by atoms with E-state index in [1.54, 1.807) is 0 Å². The minimum absolute atomic E-state index is 0.888. The molecule has 0 aliphatic carbocycles. The molecule has 45 heavy (non-hydrogen) atoms. The van der Waals surface area contributed by atoms with E-state index in [1.165, 1.54) is 22.3 Å². The van der Waals surface area contributed by atoms with Gasteiger partial charge in [-0.1, -0.05) is 125 Å². The fourth-order valence-electron chi connectivity index (χ4n) is 6.11. The minimum Gasteiger partial charge on any atom is -0.456 e. The predicted octanol–water partition coefficient (Wildman–Crippen LogP) is 12.8. The quantitative estimate of drug-likeness (QED) is 0.179. The van der Waals surface area contributed by atoms with E-state index in [-0.39, 0.29) is 0 Å². The summed E-state index contributed by atoms with van der Waals surface area (Å²) in [7, 11) is 0. The summed E-state index contributed by atoms with van der Waals surface area (Å²) < 4.78 is 7.25. The highest BCUT2D eigenvalue weighted by Crippen LogP contribution is 2.41. The van der Waals surface area contributed by atoms with E-state index in [0.717, 1.165) is 54.6 Å². The first-order valence-corrected chi connectivity index (χ1v) is 15.8. The highest BCUT2D eigenvalue weighted by Gasteiger charge is 2.17. The second-order valence-electron chi connectivity index (χ2n) is 11.2. The molecule has 2 nitrogen and oxygen atoms in total. The van der Waals surface area contributed by atoms with Crippen molar-refractivity contribution in [2.45, 2.75) is 0 Å². The number of anilines is 3. The van der Waals surface area contributed by atoms with Crippen LogP contribution in [0.4, 0.5) is 17.1 Å². The van der Waals surface area contributed by atoms with Gasteiger partial charge in [0, 0.05) is 32.3 Å². The van der Waals surface area contributed by atoms with Gasteiger partial charge in [0.2, 0.25) is 0 Å². The molecule has 0 amide bonds. The Morgan fingerprint density at radius 3 is 1.71 bits per heavy atom. The van der Waals surface area contributed by atoms with Crippen molar-refractivity contribution in [2.75, 3.05) is 4.90 Å². The zero-order valence-electron chi connectivity index (χ0n) is 24.4. The van der Waals surface area contributed by atoms with Crippen LogP contribution < -0.4 is 4.90 Å². The minimum atomic E-state index is 0.888. The Hall–Kier alpha value is -5.38. The molecule has 3 heteroatoms. The van der Waals surface area contributed by atoms with Gasteiger partial charge in [0.25, 0.3) is 0 Å². The third kappa shape index (κ3) is 5.32. The first-order chi connectivity index (χ1) is 22.2. The van der Waals surface area contributed by atoms with Gasteiger partial charge in [-0.05, 0) is 94.0 Å². The van der Waals surface area contributed by atoms with Crippen molar-refractivity contribution in [3.63, 3.8) is 0 Å². The number of furan rings is 1. The van der Waals surface area contributed by atoms with Gasteiger partial charge in [-0.3, -0.25) is 0 Å². The number of rotatable bonds is 6. The molecule has 0 aliphatic heterocycles. The van der Waals surface area contributed by atoms with Gasteiger partial charge in [-0.15, -0.1) is 0 Å². The topological polar surface area (TPSA) is 16.4 Å². The largest absolute Gasteiger partial charge is 0.456 e. The maximum atomic E-state index is 6.24. The van der Waals surface area contributed by atoms with Crippen LogP contribution in [0.3, 0.4) is 0 Å². The van der Waals surface area contributed by atoms with E-state index in [2.05, 4.69) is 179 Å². The summed E-state index contributed by atoms with van der Waals surface area (Å²) in [6.45, 7) is 0. The van der Waals surface area contributed by atoms with Crippen LogP contribution in [0.5, 0.6) is 0 Å². The fraction of sp³-hybridized carbons (Fsp3) is 0. The normalized spacial score (nSPS) is 11.2. The molecule has 0 spiro atoms. The maximum absolute atomic E-state index is 6.24. The van der Waals surface area contributed by atoms with E-state index < -0.39 is 0 Å². The lowest BCUT2D eigenvalue weighted by Gasteiger charge is -2.27. The smallest absolute Gasteiger partial charge is 0.136 e. The summed E-state index contributed by atoms with van der Waals surface area (Å²) in [6.07, 6.45) is 0. The fourth-order valence-corrected chi connectivity index (χ4v) is 6.59. The number of hydrogen-bond donors (Lipinski definition) is 0. The Morgan fingerprint density at radius 2 is 0.933 bits per heavy atom. The van der Waals surface area contributed by atoms with Crippen LogP contribution in [0.15, 0.2) is 179 Å². The Labute approximate surface area is 271 Å². The first-order valence-electron chi connectivity index (χ1n) is 15.0. The third-order valence-corrected chi connectivity index (χ3v) is 8.75. The molecule has 0 bridgehead atoms. The van der Waals surface area contributed by atoms with Crippen LogP contribution in [-0.2, 0) is 0 Å². The molecule has 0 unspecified atom stereocenters. The molecule has 8 rings (SSSR count). The molecule has 1 aromatic heterocycles. The Morgan fingerprint density at radius 1 is 0.356 bits per heavy atom. The highest BCUT2D eigenvalue weighted by atomic mass is 79.9. The van der Waals surface area contributed by atoms with Crippen molar-refractivity contribution in [3.05, 3.63) is 174 Å². The van der Waals surface area contributed by atoms with Gasteiger partial charge >= 0.3 is 0 Å². The van der Waals surface area contributed by atoms with Crippen molar-refractivity contribution in [1.29, 1.82) is 0 Å². The predicted molar refractivity (Wildman–Crippen MR) is 192 cm³/mol. The van der Waals surface area contributed by atoms with E-state index in [1.807, 2.05) is 12.1 Å². The summed E-state index contributed by atoms with van der Waals surface area (Å²) in [5.74, 6) is 0. The Bertz CT molecular complexity index is 2270.